The van der Waals surface area contributed by atoms with E-state index in [4.69, 9.17) is 27.5 Å². The van der Waals surface area contributed by atoms with Gasteiger partial charge in [0, 0.05) is 19.1 Å². The van der Waals surface area contributed by atoms with Crippen LogP contribution in [0.2, 0.25) is 6.04 Å². The van der Waals surface area contributed by atoms with Crippen LogP contribution in [-0.2, 0) is 9.47 Å². The molecule has 0 aromatic heterocycles. The summed E-state index contributed by atoms with van der Waals surface area (Å²) in [6.07, 6.45) is 5.27. The van der Waals surface area contributed by atoms with Crippen molar-refractivity contribution in [2.45, 2.75) is 58.1 Å². The summed E-state index contributed by atoms with van der Waals surface area (Å²) in [5.41, 5.74) is 0. The molecular weight excluding hydrogens is 508 g/mol. The summed E-state index contributed by atoms with van der Waals surface area (Å²) in [6.45, 7) is 7.12. The minimum Gasteiger partial charge on any atom is -0.490 e. The molecular formula is C32H42O6Si. The summed E-state index contributed by atoms with van der Waals surface area (Å²) in [4.78, 5) is 0. The molecule has 0 aliphatic carbocycles. The number of benzene rings is 3. The third-order valence-electron chi connectivity index (χ3n) is 6.79. The van der Waals surface area contributed by atoms with Gasteiger partial charge in [0.1, 0.15) is 11.5 Å². The Bertz CT molecular complexity index is 1030. The highest BCUT2D eigenvalue weighted by Gasteiger charge is 2.49. The van der Waals surface area contributed by atoms with Gasteiger partial charge >= 0.3 is 8.80 Å². The largest absolute Gasteiger partial charge is 0.699 e. The molecule has 0 saturated carbocycles. The predicted molar refractivity (Wildman–Crippen MR) is 156 cm³/mol. The van der Waals surface area contributed by atoms with E-state index in [1.54, 1.807) is 0 Å². The Morgan fingerprint density at radius 1 is 0.769 bits per heavy atom. The average molecular weight is 551 g/mol. The highest BCUT2D eigenvalue weighted by molar-refractivity contribution is 6.63. The maximum Gasteiger partial charge on any atom is 0.699 e. The first-order valence-corrected chi connectivity index (χ1v) is 16.2. The third kappa shape index (κ3) is 9.02. The van der Waals surface area contributed by atoms with Crippen LogP contribution >= 0.6 is 0 Å². The summed E-state index contributed by atoms with van der Waals surface area (Å²) >= 11 is 0. The molecule has 1 aliphatic rings. The Balaban J connectivity index is 1.54. The van der Waals surface area contributed by atoms with Crippen molar-refractivity contribution in [3.8, 4) is 23.0 Å². The van der Waals surface area contributed by atoms with Crippen molar-refractivity contribution in [1.82, 2.24) is 0 Å². The molecule has 1 heterocycles. The van der Waals surface area contributed by atoms with Crippen LogP contribution in [-0.4, -0.2) is 41.3 Å². The van der Waals surface area contributed by atoms with Crippen LogP contribution in [0.4, 0.5) is 0 Å². The van der Waals surface area contributed by atoms with Crippen molar-refractivity contribution in [1.29, 1.82) is 0 Å². The molecule has 1 saturated heterocycles. The topological polar surface area (TPSA) is 55.4 Å². The molecule has 4 rings (SSSR count). The molecule has 1 fully saturated rings. The number of hydrogen-bond acceptors (Lipinski definition) is 6. The first kappa shape index (κ1) is 29.0. The summed E-state index contributed by atoms with van der Waals surface area (Å²) in [6, 6.07) is 27.8. The molecule has 0 bridgehead atoms. The van der Waals surface area contributed by atoms with Crippen molar-refractivity contribution in [3.63, 3.8) is 0 Å². The van der Waals surface area contributed by atoms with Crippen LogP contribution in [0.3, 0.4) is 0 Å². The highest BCUT2D eigenvalue weighted by atomic mass is 28.4. The fourth-order valence-corrected chi connectivity index (χ4v) is 6.94. The third-order valence-corrected chi connectivity index (χ3v) is 9.38. The lowest BCUT2D eigenvalue weighted by molar-refractivity contribution is -0.103. The second-order valence-corrected chi connectivity index (χ2v) is 12.3. The van der Waals surface area contributed by atoms with E-state index < -0.39 is 8.80 Å². The smallest absolute Gasteiger partial charge is 0.490 e. The van der Waals surface area contributed by atoms with E-state index in [1.807, 2.05) is 84.9 Å². The standard InChI is InChI=1S/C32H42O6Si/c1-3-5-23-34-31-19-12-13-20-32(31)38-39(36-28-15-8-6-9-16-28,37-29-17-10-7-11-18-29)25-14-22-33-26-27(4-2)30-21-24-35-30/h6-13,15-20,27,30H,3-5,14,21-26H2,1-2H3. The number of unbranched alkanes of at least 4 members (excludes halogenated alkanes) is 1. The van der Waals surface area contributed by atoms with E-state index in [2.05, 4.69) is 13.8 Å². The van der Waals surface area contributed by atoms with Gasteiger partial charge in [-0.3, -0.25) is 0 Å². The zero-order valence-electron chi connectivity index (χ0n) is 23.3. The maximum atomic E-state index is 6.78. The van der Waals surface area contributed by atoms with Crippen LogP contribution in [0, 0.1) is 5.92 Å². The van der Waals surface area contributed by atoms with Gasteiger partial charge in [-0.25, -0.2) is 0 Å². The molecule has 1 aliphatic heterocycles. The molecule has 2 atom stereocenters. The Hall–Kier alpha value is -3.00. The quantitative estimate of drug-likeness (QED) is 0.120. The van der Waals surface area contributed by atoms with Crippen LogP contribution in [0.25, 0.3) is 0 Å². The fraction of sp³-hybridized carbons (Fsp3) is 0.438. The summed E-state index contributed by atoms with van der Waals surface area (Å²) < 4.78 is 38.0. The minimum atomic E-state index is -3.38. The lowest BCUT2D eigenvalue weighted by atomic mass is 9.95. The van der Waals surface area contributed by atoms with Crippen LogP contribution in [0.5, 0.6) is 23.0 Å². The molecule has 0 N–H and O–H groups in total. The summed E-state index contributed by atoms with van der Waals surface area (Å²) in [5, 5.41) is 0. The normalized spacial score (nSPS) is 15.7. The number of para-hydroxylation sites is 4. The van der Waals surface area contributed by atoms with Gasteiger partial charge in [-0.05, 0) is 62.1 Å². The average Bonchev–Trinajstić information content (AvgIpc) is 2.93. The number of ether oxygens (including phenoxy) is 3. The van der Waals surface area contributed by atoms with Gasteiger partial charge in [-0.15, -0.1) is 0 Å². The molecule has 210 valence electrons. The summed E-state index contributed by atoms with van der Waals surface area (Å²) in [5.74, 6) is 3.17. The molecule has 7 heteroatoms. The monoisotopic (exact) mass is 550 g/mol. The zero-order valence-corrected chi connectivity index (χ0v) is 24.3. The SMILES string of the molecule is CCCCOc1ccccc1O[Si](CCCOCC(CC)C1CCO1)(Oc1ccccc1)Oc1ccccc1. The van der Waals surface area contributed by atoms with Crippen LogP contribution < -0.4 is 18.0 Å². The molecule has 3 aromatic rings. The van der Waals surface area contributed by atoms with Crippen molar-refractivity contribution in [3.05, 3.63) is 84.9 Å². The van der Waals surface area contributed by atoms with E-state index in [-0.39, 0.29) is 0 Å². The second-order valence-electron chi connectivity index (χ2n) is 9.81. The molecule has 2 unspecified atom stereocenters. The van der Waals surface area contributed by atoms with E-state index >= 15 is 0 Å². The Labute approximate surface area is 234 Å². The predicted octanol–water partition coefficient (Wildman–Crippen LogP) is 7.56. The van der Waals surface area contributed by atoms with Crippen LogP contribution in [0.1, 0.15) is 46.0 Å². The van der Waals surface area contributed by atoms with Gasteiger partial charge in [0.2, 0.25) is 0 Å². The molecule has 0 amide bonds. The van der Waals surface area contributed by atoms with Gasteiger partial charge in [-0.2, -0.15) is 0 Å². The van der Waals surface area contributed by atoms with Gasteiger partial charge in [-0.1, -0.05) is 68.8 Å². The summed E-state index contributed by atoms with van der Waals surface area (Å²) in [7, 11) is -3.38. The van der Waals surface area contributed by atoms with E-state index in [0.29, 0.717) is 60.9 Å². The minimum absolute atomic E-state index is 0.332. The van der Waals surface area contributed by atoms with Gasteiger partial charge in [0.15, 0.2) is 11.5 Å². The van der Waals surface area contributed by atoms with E-state index in [9.17, 15) is 0 Å². The Kier molecular flexibility index (Phi) is 11.6. The molecule has 3 aromatic carbocycles. The molecule has 0 radical (unpaired) electrons. The fourth-order valence-electron chi connectivity index (χ4n) is 4.44. The first-order chi connectivity index (χ1) is 19.2. The number of rotatable bonds is 18. The van der Waals surface area contributed by atoms with Crippen molar-refractivity contribution >= 4 is 8.80 Å². The Morgan fingerprint density at radius 3 is 1.95 bits per heavy atom. The van der Waals surface area contributed by atoms with Crippen molar-refractivity contribution in [2.75, 3.05) is 26.4 Å². The van der Waals surface area contributed by atoms with E-state index in [1.165, 1.54) is 0 Å². The van der Waals surface area contributed by atoms with Crippen LogP contribution in [0.15, 0.2) is 84.9 Å². The lowest BCUT2D eigenvalue weighted by Crippen LogP contribution is -2.55. The second kappa shape index (κ2) is 15.6. The number of hydrogen-bond donors (Lipinski definition) is 0. The molecule has 6 nitrogen and oxygen atoms in total. The lowest BCUT2D eigenvalue weighted by Gasteiger charge is -2.33. The molecule has 0 spiro atoms. The van der Waals surface area contributed by atoms with Crippen molar-refractivity contribution < 1.29 is 27.5 Å². The Morgan fingerprint density at radius 2 is 1.38 bits per heavy atom. The van der Waals surface area contributed by atoms with Gasteiger partial charge in [0.05, 0.1) is 25.4 Å². The maximum absolute atomic E-state index is 6.78. The van der Waals surface area contributed by atoms with Crippen molar-refractivity contribution in [2.24, 2.45) is 5.92 Å². The zero-order chi connectivity index (χ0) is 27.2. The van der Waals surface area contributed by atoms with Gasteiger partial charge < -0.3 is 27.5 Å². The molecule has 39 heavy (non-hydrogen) atoms. The van der Waals surface area contributed by atoms with E-state index in [0.717, 1.165) is 38.7 Å². The highest BCUT2D eigenvalue weighted by Crippen LogP contribution is 2.33. The van der Waals surface area contributed by atoms with Gasteiger partial charge in [0.25, 0.3) is 0 Å². The first-order valence-electron chi connectivity index (χ1n) is 14.3.